The highest BCUT2D eigenvalue weighted by molar-refractivity contribution is 6.17. The number of anilines is 2. The molecule has 1 aliphatic heterocycles. The summed E-state index contributed by atoms with van der Waals surface area (Å²) in [6.45, 7) is -0.230. The lowest BCUT2D eigenvalue weighted by Gasteiger charge is -2.15. The number of carbonyl (C=O) groups is 2. The molecule has 0 spiro atoms. The molecule has 0 radical (unpaired) electrons. The molecule has 2 N–H and O–H groups in total. The third kappa shape index (κ3) is 2.80. The van der Waals surface area contributed by atoms with Crippen LogP contribution >= 0.6 is 0 Å². The summed E-state index contributed by atoms with van der Waals surface area (Å²) < 4.78 is 0. The summed E-state index contributed by atoms with van der Waals surface area (Å²) in [6, 6.07) is 7.51. The van der Waals surface area contributed by atoms with E-state index in [1.54, 1.807) is 0 Å². The van der Waals surface area contributed by atoms with Crippen molar-refractivity contribution in [1.29, 1.82) is 0 Å². The minimum absolute atomic E-state index is 0.0110. The van der Waals surface area contributed by atoms with Gasteiger partial charge >= 0.3 is 0 Å². The molecule has 0 aromatic heterocycles. The molecule has 1 heterocycles. The highest BCUT2D eigenvalue weighted by atomic mass is 16.3. The molecular weight excluding hydrogens is 258 g/mol. The highest BCUT2D eigenvalue weighted by Crippen LogP contribution is 2.21. The van der Waals surface area contributed by atoms with Crippen LogP contribution in [0.15, 0.2) is 36.0 Å². The van der Waals surface area contributed by atoms with Crippen LogP contribution in [-0.2, 0) is 9.59 Å². The number of nitrogens with zero attached hydrogens (tertiary/aromatic N) is 2. The summed E-state index contributed by atoms with van der Waals surface area (Å²) >= 11 is 0. The van der Waals surface area contributed by atoms with E-state index in [9.17, 15) is 9.59 Å². The van der Waals surface area contributed by atoms with Gasteiger partial charge in [-0.3, -0.25) is 14.5 Å². The molecular formula is C14H17N3O3. The number of benzene rings is 1. The first-order valence-electron chi connectivity index (χ1n) is 6.25. The molecule has 0 saturated carbocycles. The summed E-state index contributed by atoms with van der Waals surface area (Å²) in [5, 5.41) is 11.8. The topological polar surface area (TPSA) is 72.9 Å². The first-order chi connectivity index (χ1) is 9.52. The van der Waals surface area contributed by atoms with Crippen molar-refractivity contribution in [1.82, 2.24) is 4.90 Å². The molecule has 0 unspecified atom stereocenters. The van der Waals surface area contributed by atoms with Crippen molar-refractivity contribution < 1.29 is 14.7 Å². The van der Waals surface area contributed by atoms with Gasteiger partial charge in [-0.1, -0.05) is 6.07 Å². The van der Waals surface area contributed by atoms with Crippen LogP contribution < -0.4 is 10.2 Å². The Balaban J connectivity index is 2.15. The lowest BCUT2D eigenvalue weighted by atomic mass is 10.2. The van der Waals surface area contributed by atoms with Crippen molar-refractivity contribution in [2.75, 3.05) is 37.5 Å². The van der Waals surface area contributed by atoms with E-state index >= 15 is 0 Å². The first kappa shape index (κ1) is 14.1. The molecule has 0 bridgehead atoms. The van der Waals surface area contributed by atoms with Crippen LogP contribution in [0.5, 0.6) is 0 Å². The number of rotatable bonds is 5. The van der Waals surface area contributed by atoms with Crippen molar-refractivity contribution in [2.45, 2.75) is 0 Å². The Morgan fingerprint density at radius 3 is 2.70 bits per heavy atom. The summed E-state index contributed by atoms with van der Waals surface area (Å²) in [5.41, 5.74) is 1.94. The van der Waals surface area contributed by atoms with E-state index in [2.05, 4.69) is 5.32 Å². The molecule has 2 amide bonds. The van der Waals surface area contributed by atoms with E-state index in [1.165, 1.54) is 6.08 Å². The van der Waals surface area contributed by atoms with Gasteiger partial charge in [0.1, 0.15) is 5.70 Å². The Labute approximate surface area is 117 Å². The van der Waals surface area contributed by atoms with Gasteiger partial charge in [0, 0.05) is 31.5 Å². The van der Waals surface area contributed by atoms with Crippen LogP contribution in [0.2, 0.25) is 0 Å². The predicted molar refractivity (Wildman–Crippen MR) is 76.3 cm³/mol. The van der Waals surface area contributed by atoms with Crippen molar-refractivity contribution in [3.8, 4) is 0 Å². The number of hydrogen-bond acceptors (Lipinski definition) is 5. The standard InChI is InChI=1S/C14H17N3O3/c1-16(2)11-5-3-4-10(8-11)15-12-9-13(19)17(6-7-18)14(12)20/h3-5,8-9,15,18H,6-7H2,1-2H3. The maximum atomic E-state index is 12.0. The van der Waals surface area contributed by atoms with Crippen molar-refractivity contribution in [2.24, 2.45) is 0 Å². The number of hydrogen-bond donors (Lipinski definition) is 2. The van der Waals surface area contributed by atoms with E-state index in [0.29, 0.717) is 0 Å². The second-order valence-corrected chi connectivity index (χ2v) is 4.65. The molecule has 1 aliphatic rings. The van der Waals surface area contributed by atoms with E-state index in [0.717, 1.165) is 16.3 Å². The maximum Gasteiger partial charge on any atom is 0.277 e. The van der Waals surface area contributed by atoms with E-state index < -0.39 is 11.8 Å². The second-order valence-electron chi connectivity index (χ2n) is 4.65. The second kappa shape index (κ2) is 5.75. The van der Waals surface area contributed by atoms with Crippen LogP contribution in [0.1, 0.15) is 0 Å². The molecule has 2 rings (SSSR count). The van der Waals surface area contributed by atoms with E-state index in [4.69, 9.17) is 5.11 Å². The number of amides is 2. The Kier molecular flexibility index (Phi) is 4.05. The van der Waals surface area contributed by atoms with Crippen LogP contribution in [0.4, 0.5) is 11.4 Å². The van der Waals surface area contributed by atoms with Gasteiger partial charge in [0.05, 0.1) is 13.2 Å². The largest absolute Gasteiger partial charge is 0.395 e. The van der Waals surface area contributed by atoms with E-state index in [-0.39, 0.29) is 18.8 Å². The molecule has 0 saturated heterocycles. The highest BCUT2D eigenvalue weighted by Gasteiger charge is 2.30. The van der Waals surface area contributed by atoms with Crippen LogP contribution in [0.3, 0.4) is 0 Å². The Hall–Kier alpha value is -2.34. The van der Waals surface area contributed by atoms with Gasteiger partial charge in [0.25, 0.3) is 11.8 Å². The molecule has 6 heteroatoms. The summed E-state index contributed by atoms with van der Waals surface area (Å²) in [4.78, 5) is 26.6. The average Bonchev–Trinajstić information content (AvgIpc) is 2.67. The number of carbonyl (C=O) groups excluding carboxylic acids is 2. The molecule has 0 aliphatic carbocycles. The lowest BCUT2D eigenvalue weighted by Crippen LogP contribution is -2.34. The molecule has 20 heavy (non-hydrogen) atoms. The quantitative estimate of drug-likeness (QED) is 0.761. The van der Waals surface area contributed by atoms with Gasteiger partial charge in [0.2, 0.25) is 0 Å². The summed E-state index contributed by atoms with van der Waals surface area (Å²) in [5.74, 6) is -0.824. The summed E-state index contributed by atoms with van der Waals surface area (Å²) in [7, 11) is 3.84. The van der Waals surface area contributed by atoms with Crippen LogP contribution in [0.25, 0.3) is 0 Å². The zero-order chi connectivity index (χ0) is 14.7. The van der Waals surface area contributed by atoms with Gasteiger partial charge in [-0.05, 0) is 18.2 Å². The van der Waals surface area contributed by atoms with E-state index in [1.807, 2.05) is 43.3 Å². The number of aliphatic hydroxyl groups is 1. The number of imide groups is 1. The van der Waals surface area contributed by atoms with Crippen molar-refractivity contribution in [3.63, 3.8) is 0 Å². The average molecular weight is 275 g/mol. The minimum atomic E-state index is -0.417. The van der Waals surface area contributed by atoms with Gasteiger partial charge in [-0.25, -0.2) is 0 Å². The third-order valence-corrected chi connectivity index (χ3v) is 2.97. The van der Waals surface area contributed by atoms with Gasteiger partial charge < -0.3 is 15.3 Å². The zero-order valence-corrected chi connectivity index (χ0v) is 11.5. The van der Waals surface area contributed by atoms with Crippen LogP contribution in [0, 0.1) is 0 Å². The number of aliphatic hydroxyl groups excluding tert-OH is 1. The Morgan fingerprint density at radius 2 is 2.05 bits per heavy atom. The SMILES string of the molecule is CN(C)c1cccc(NC2=CC(=O)N(CCO)C2=O)c1. The molecule has 1 aromatic rings. The first-order valence-corrected chi connectivity index (χ1v) is 6.25. The normalized spacial score (nSPS) is 14.6. The zero-order valence-electron chi connectivity index (χ0n) is 11.5. The Bertz CT molecular complexity index is 567. The molecule has 6 nitrogen and oxygen atoms in total. The van der Waals surface area contributed by atoms with Gasteiger partial charge in [-0.15, -0.1) is 0 Å². The smallest absolute Gasteiger partial charge is 0.277 e. The molecule has 0 fully saturated rings. The fourth-order valence-electron chi connectivity index (χ4n) is 1.93. The summed E-state index contributed by atoms with van der Waals surface area (Å²) in [6.07, 6.45) is 1.25. The monoisotopic (exact) mass is 275 g/mol. The third-order valence-electron chi connectivity index (χ3n) is 2.97. The molecule has 1 aromatic carbocycles. The molecule has 0 atom stereocenters. The fraction of sp³-hybridized carbons (Fsp3) is 0.286. The Morgan fingerprint density at radius 1 is 1.30 bits per heavy atom. The number of nitrogens with one attached hydrogen (secondary N) is 1. The molecule has 106 valence electrons. The van der Waals surface area contributed by atoms with Gasteiger partial charge in [-0.2, -0.15) is 0 Å². The fourth-order valence-corrected chi connectivity index (χ4v) is 1.93. The maximum absolute atomic E-state index is 12.0. The predicted octanol–water partition coefficient (Wildman–Crippen LogP) is 0.409. The lowest BCUT2D eigenvalue weighted by molar-refractivity contribution is -0.137. The number of β-amino-alcohol motifs (C(OH)–C–C–N with tert-alkyl or cyclic N) is 1. The van der Waals surface area contributed by atoms with Crippen molar-refractivity contribution in [3.05, 3.63) is 36.0 Å². The minimum Gasteiger partial charge on any atom is -0.395 e. The van der Waals surface area contributed by atoms with Gasteiger partial charge in [0.15, 0.2) is 0 Å². The van der Waals surface area contributed by atoms with Crippen LogP contribution in [-0.4, -0.2) is 49.1 Å². The van der Waals surface area contributed by atoms with Crippen molar-refractivity contribution >= 4 is 23.2 Å².